The van der Waals surface area contributed by atoms with Crippen LogP contribution < -0.4 is 10.5 Å². The highest BCUT2D eigenvalue weighted by Gasteiger charge is 2.15. The van der Waals surface area contributed by atoms with Crippen molar-refractivity contribution in [2.75, 3.05) is 25.1 Å². The Morgan fingerprint density at radius 1 is 1.36 bits per heavy atom. The molecule has 6 nitrogen and oxygen atoms in total. The fraction of sp³-hybridized carbons (Fsp3) is 0.353. The second-order valence-corrected chi connectivity index (χ2v) is 6.32. The van der Waals surface area contributed by atoms with E-state index in [1.165, 1.54) is 24.9 Å². The third-order valence-electron chi connectivity index (χ3n) is 3.50. The van der Waals surface area contributed by atoms with Crippen LogP contribution in [0.25, 0.3) is 0 Å². The SMILES string of the molecule is CCN(Cc1ccc(OC)c(F)c1)C(=O)CSc1nc(C)cc(N)n1. The van der Waals surface area contributed by atoms with Crippen LogP contribution in [0.4, 0.5) is 10.2 Å². The first-order valence-electron chi connectivity index (χ1n) is 7.77. The normalized spacial score (nSPS) is 10.6. The number of nitrogen functional groups attached to an aromatic ring is 1. The van der Waals surface area contributed by atoms with Gasteiger partial charge in [0.05, 0.1) is 12.9 Å². The van der Waals surface area contributed by atoms with Gasteiger partial charge in [-0.05, 0) is 31.5 Å². The molecule has 0 atom stereocenters. The van der Waals surface area contributed by atoms with E-state index in [4.69, 9.17) is 10.5 Å². The number of ether oxygens (including phenoxy) is 1. The number of nitrogens with zero attached hydrogens (tertiary/aromatic N) is 3. The highest BCUT2D eigenvalue weighted by atomic mass is 32.2. The summed E-state index contributed by atoms with van der Waals surface area (Å²) in [4.78, 5) is 22.4. The van der Waals surface area contributed by atoms with Gasteiger partial charge in [0.25, 0.3) is 0 Å². The van der Waals surface area contributed by atoms with Gasteiger partial charge >= 0.3 is 0 Å². The molecule has 1 aromatic carbocycles. The summed E-state index contributed by atoms with van der Waals surface area (Å²) < 4.78 is 18.7. The Hall–Kier alpha value is -2.35. The predicted octanol–water partition coefficient (Wildman–Crippen LogP) is 2.66. The molecule has 0 bridgehead atoms. The lowest BCUT2D eigenvalue weighted by molar-refractivity contribution is -0.128. The summed E-state index contributed by atoms with van der Waals surface area (Å²) in [6.07, 6.45) is 0. The van der Waals surface area contributed by atoms with E-state index in [0.29, 0.717) is 29.6 Å². The number of hydrogen-bond acceptors (Lipinski definition) is 6. The van der Waals surface area contributed by atoms with Gasteiger partial charge in [0, 0.05) is 24.8 Å². The van der Waals surface area contributed by atoms with Gasteiger partial charge in [0.1, 0.15) is 5.82 Å². The number of carbonyl (C=O) groups is 1. The predicted molar refractivity (Wildman–Crippen MR) is 95.9 cm³/mol. The van der Waals surface area contributed by atoms with Crippen molar-refractivity contribution < 1.29 is 13.9 Å². The van der Waals surface area contributed by atoms with Gasteiger partial charge in [-0.25, -0.2) is 14.4 Å². The third-order valence-corrected chi connectivity index (χ3v) is 4.33. The molecule has 0 saturated carbocycles. The van der Waals surface area contributed by atoms with E-state index >= 15 is 0 Å². The fourth-order valence-electron chi connectivity index (χ4n) is 2.25. The van der Waals surface area contributed by atoms with Crippen LogP contribution >= 0.6 is 11.8 Å². The first-order valence-corrected chi connectivity index (χ1v) is 8.75. The van der Waals surface area contributed by atoms with Crippen LogP contribution in [-0.4, -0.2) is 40.2 Å². The molecule has 0 fully saturated rings. The number of aromatic nitrogens is 2. The molecule has 0 aliphatic carbocycles. The number of benzene rings is 1. The summed E-state index contributed by atoms with van der Waals surface area (Å²) in [5.41, 5.74) is 7.14. The molecule has 0 aliphatic rings. The molecule has 1 heterocycles. The molecule has 25 heavy (non-hydrogen) atoms. The van der Waals surface area contributed by atoms with Crippen LogP contribution in [0.5, 0.6) is 5.75 Å². The summed E-state index contributed by atoms with van der Waals surface area (Å²) in [5.74, 6) is 0.232. The molecule has 0 aliphatic heterocycles. The average molecular weight is 364 g/mol. The van der Waals surface area contributed by atoms with Crippen LogP contribution in [0.3, 0.4) is 0 Å². The highest BCUT2D eigenvalue weighted by molar-refractivity contribution is 7.99. The number of thioether (sulfide) groups is 1. The summed E-state index contributed by atoms with van der Waals surface area (Å²) in [6, 6.07) is 6.35. The maximum absolute atomic E-state index is 13.8. The standard InChI is InChI=1S/C17H21FN4O2S/c1-4-22(9-12-5-6-14(24-3)13(18)8-12)16(23)10-25-17-20-11(2)7-15(19)21-17/h5-8H,4,9-10H2,1-3H3,(H2,19,20,21). The minimum atomic E-state index is -0.443. The zero-order chi connectivity index (χ0) is 18.4. The third kappa shape index (κ3) is 5.32. The quantitative estimate of drug-likeness (QED) is 0.601. The molecule has 2 aromatic rings. The molecule has 1 aromatic heterocycles. The highest BCUT2D eigenvalue weighted by Crippen LogP contribution is 2.20. The van der Waals surface area contributed by atoms with Crippen LogP contribution in [-0.2, 0) is 11.3 Å². The maximum atomic E-state index is 13.8. The summed E-state index contributed by atoms with van der Waals surface area (Å²) in [7, 11) is 1.41. The number of halogens is 1. The lowest BCUT2D eigenvalue weighted by atomic mass is 10.2. The van der Waals surface area contributed by atoms with Crippen molar-refractivity contribution in [2.45, 2.75) is 25.5 Å². The van der Waals surface area contributed by atoms with Crippen molar-refractivity contribution >= 4 is 23.5 Å². The fourth-order valence-corrected chi connectivity index (χ4v) is 3.07. The minimum absolute atomic E-state index is 0.0765. The molecule has 0 saturated heterocycles. The Balaban J connectivity index is 1.99. The van der Waals surface area contributed by atoms with E-state index in [1.54, 1.807) is 23.1 Å². The van der Waals surface area contributed by atoms with Gasteiger partial charge in [0.15, 0.2) is 16.7 Å². The molecule has 1 amide bonds. The average Bonchev–Trinajstić information content (AvgIpc) is 2.57. The van der Waals surface area contributed by atoms with Crippen LogP contribution in [0.2, 0.25) is 0 Å². The van der Waals surface area contributed by atoms with Gasteiger partial charge in [-0.3, -0.25) is 4.79 Å². The number of nitrogens with two attached hydrogens (primary N) is 1. The van der Waals surface area contributed by atoms with E-state index < -0.39 is 5.82 Å². The number of aryl methyl sites for hydroxylation is 1. The lowest BCUT2D eigenvalue weighted by Crippen LogP contribution is -2.31. The van der Waals surface area contributed by atoms with E-state index in [-0.39, 0.29) is 17.4 Å². The lowest BCUT2D eigenvalue weighted by Gasteiger charge is -2.21. The molecular formula is C17H21FN4O2S. The Morgan fingerprint density at radius 2 is 2.12 bits per heavy atom. The minimum Gasteiger partial charge on any atom is -0.494 e. The monoisotopic (exact) mass is 364 g/mol. The Labute approximate surface area is 150 Å². The first-order chi connectivity index (χ1) is 11.9. The molecule has 2 rings (SSSR count). The number of anilines is 1. The maximum Gasteiger partial charge on any atom is 0.233 e. The first kappa shape index (κ1) is 19.0. The van der Waals surface area contributed by atoms with Crippen molar-refractivity contribution in [3.63, 3.8) is 0 Å². The second kappa shape index (κ2) is 8.66. The van der Waals surface area contributed by atoms with Crippen molar-refractivity contribution in [1.82, 2.24) is 14.9 Å². The van der Waals surface area contributed by atoms with E-state index in [9.17, 15) is 9.18 Å². The molecule has 134 valence electrons. The van der Waals surface area contributed by atoms with Crippen LogP contribution in [0, 0.1) is 12.7 Å². The Bertz CT molecular complexity index is 737. The second-order valence-electron chi connectivity index (χ2n) is 5.38. The smallest absolute Gasteiger partial charge is 0.233 e. The van der Waals surface area contributed by atoms with Crippen LogP contribution in [0.1, 0.15) is 18.2 Å². The summed E-state index contributed by atoms with van der Waals surface area (Å²) in [5, 5.41) is 0.470. The van der Waals surface area contributed by atoms with Crippen LogP contribution in [0.15, 0.2) is 29.4 Å². The van der Waals surface area contributed by atoms with Crippen molar-refractivity contribution in [1.29, 1.82) is 0 Å². The van der Waals surface area contributed by atoms with E-state index in [2.05, 4.69) is 9.97 Å². The van der Waals surface area contributed by atoms with Gasteiger partial charge in [-0.15, -0.1) is 0 Å². The largest absolute Gasteiger partial charge is 0.494 e. The van der Waals surface area contributed by atoms with Crippen molar-refractivity contribution in [3.05, 3.63) is 41.3 Å². The Morgan fingerprint density at radius 3 is 2.72 bits per heavy atom. The zero-order valence-electron chi connectivity index (χ0n) is 14.5. The number of carbonyl (C=O) groups excluding carboxylic acids is 1. The number of hydrogen-bond donors (Lipinski definition) is 1. The van der Waals surface area contributed by atoms with E-state index in [0.717, 1.165) is 5.69 Å². The Kier molecular flexibility index (Phi) is 6.58. The van der Waals surface area contributed by atoms with Gasteiger partial charge in [-0.2, -0.15) is 0 Å². The van der Waals surface area contributed by atoms with Gasteiger partial charge < -0.3 is 15.4 Å². The number of amides is 1. The summed E-state index contributed by atoms with van der Waals surface area (Å²) in [6.45, 7) is 4.54. The topological polar surface area (TPSA) is 81.3 Å². The molecular weight excluding hydrogens is 343 g/mol. The molecule has 0 radical (unpaired) electrons. The molecule has 8 heteroatoms. The zero-order valence-corrected chi connectivity index (χ0v) is 15.3. The number of methoxy groups -OCH3 is 1. The molecule has 0 spiro atoms. The molecule has 0 unspecified atom stereocenters. The van der Waals surface area contributed by atoms with Crippen molar-refractivity contribution in [2.24, 2.45) is 0 Å². The van der Waals surface area contributed by atoms with Gasteiger partial charge in [-0.1, -0.05) is 17.8 Å². The van der Waals surface area contributed by atoms with E-state index in [1.807, 2.05) is 13.8 Å². The van der Waals surface area contributed by atoms with Gasteiger partial charge in [0.2, 0.25) is 5.91 Å². The number of rotatable bonds is 7. The summed E-state index contributed by atoms with van der Waals surface area (Å²) >= 11 is 1.23. The molecule has 2 N–H and O–H groups in total. The van der Waals surface area contributed by atoms with Crippen molar-refractivity contribution in [3.8, 4) is 5.75 Å².